The number of halogens is 1. The fourth-order valence-corrected chi connectivity index (χ4v) is 4.19. The van der Waals surface area contributed by atoms with Gasteiger partial charge in [0, 0.05) is 20.0 Å². The number of likely N-dealkylation sites (tertiary alicyclic amines) is 1. The number of carboxylic acid groups (broad SMARTS) is 1. The Morgan fingerprint density at radius 3 is 2.52 bits per heavy atom. The number of alkyl halides is 1. The first kappa shape index (κ1) is 19.2. The summed E-state index contributed by atoms with van der Waals surface area (Å²) in [4.78, 5) is 42.2. The monoisotopic (exact) mass is 394 g/mol. The number of aromatic nitrogens is 3. The molecule has 2 aromatic rings. The first-order chi connectivity index (χ1) is 12.5. The highest BCUT2D eigenvalue weighted by Crippen LogP contribution is 2.32. The maximum Gasteiger partial charge on any atom is 0.343 e. The molecule has 1 fully saturated rings. The Morgan fingerprint density at radius 1 is 1.26 bits per heavy atom. The van der Waals surface area contributed by atoms with Gasteiger partial charge in [0.05, 0.1) is 23.5 Å². The van der Waals surface area contributed by atoms with E-state index >= 15 is 0 Å². The van der Waals surface area contributed by atoms with Gasteiger partial charge in [-0.15, -0.1) is 11.3 Å². The van der Waals surface area contributed by atoms with Crippen LogP contribution in [-0.4, -0.2) is 55.4 Å². The summed E-state index contributed by atoms with van der Waals surface area (Å²) in [6, 6.07) is 0. The quantitative estimate of drug-likeness (QED) is 0.845. The van der Waals surface area contributed by atoms with Crippen LogP contribution in [-0.2, 0) is 11.8 Å². The van der Waals surface area contributed by atoms with E-state index in [2.05, 4.69) is 10.1 Å². The zero-order valence-corrected chi connectivity index (χ0v) is 16.2. The molecule has 1 atom stereocenters. The van der Waals surface area contributed by atoms with Crippen LogP contribution >= 0.6 is 11.3 Å². The molecule has 144 valence electrons. The lowest BCUT2D eigenvalue weighted by Crippen LogP contribution is -2.38. The van der Waals surface area contributed by atoms with Gasteiger partial charge in [-0.3, -0.25) is 9.59 Å². The number of aryl methyl sites for hydroxylation is 3. The molecule has 27 heavy (non-hydrogen) atoms. The second-order valence-electron chi connectivity index (χ2n) is 6.69. The summed E-state index contributed by atoms with van der Waals surface area (Å²) in [5.41, 5.74) is -0.588. The van der Waals surface area contributed by atoms with Crippen molar-refractivity contribution < 1.29 is 19.1 Å². The Balaban J connectivity index is 1.99. The third-order valence-corrected chi connectivity index (χ3v) is 5.98. The highest BCUT2D eigenvalue weighted by molar-refractivity contribution is 7.17. The average Bonchev–Trinajstić information content (AvgIpc) is 3.17. The van der Waals surface area contributed by atoms with E-state index in [1.807, 2.05) is 0 Å². The van der Waals surface area contributed by atoms with Gasteiger partial charge in [-0.25, -0.2) is 18.9 Å². The summed E-state index contributed by atoms with van der Waals surface area (Å²) in [5.74, 6) is -2.04. The topological polar surface area (TPSA) is 105 Å². The number of hydrogen-bond donors (Lipinski definition) is 1. The van der Waals surface area contributed by atoms with Crippen LogP contribution in [0.25, 0.3) is 10.6 Å². The van der Waals surface area contributed by atoms with Crippen LogP contribution in [0.2, 0.25) is 0 Å². The van der Waals surface area contributed by atoms with E-state index in [9.17, 15) is 18.8 Å². The fraction of sp³-hybridized carbons (Fsp3) is 0.471. The van der Waals surface area contributed by atoms with Crippen LogP contribution < -0.4 is 5.56 Å². The molecule has 0 aliphatic carbocycles. The van der Waals surface area contributed by atoms with Gasteiger partial charge >= 0.3 is 5.97 Å². The van der Waals surface area contributed by atoms with Gasteiger partial charge in [0.1, 0.15) is 9.88 Å². The first-order valence-corrected chi connectivity index (χ1v) is 9.10. The Morgan fingerprint density at radius 2 is 1.93 bits per heavy atom. The van der Waals surface area contributed by atoms with Gasteiger partial charge in [-0.1, -0.05) is 0 Å². The number of carbonyl (C=O) groups is 2. The normalized spacial score (nSPS) is 19.5. The Labute approximate surface area is 158 Å². The predicted molar refractivity (Wildman–Crippen MR) is 96.8 cm³/mol. The van der Waals surface area contributed by atoms with Crippen LogP contribution in [0.3, 0.4) is 0 Å². The average molecular weight is 394 g/mol. The highest BCUT2D eigenvalue weighted by Gasteiger charge is 2.47. The van der Waals surface area contributed by atoms with Gasteiger partial charge in [-0.05, 0) is 26.3 Å². The zero-order valence-electron chi connectivity index (χ0n) is 15.4. The van der Waals surface area contributed by atoms with Crippen molar-refractivity contribution in [3.63, 3.8) is 0 Å². The first-order valence-electron chi connectivity index (χ1n) is 8.29. The molecule has 2 aromatic heterocycles. The second kappa shape index (κ2) is 6.52. The lowest BCUT2D eigenvalue weighted by atomic mass is 10.1. The fourth-order valence-electron chi connectivity index (χ4n) is 3.07. The van der Waals surface area contributed by atoms with Gasteiger partial charge in [0.15, 0.2) is 0 Å². The van der Waals surface area contributed by atoms with E-state index in [4.69, 9.17) is 5.11 Å². The Bertz CT molecular complexity index is 1020. The SMILES string of the molecule is Cc1nc(-c2c(C)c(C)nn(C)c2=O)sc1C(=O)N1CCC(F)(C(=O)O)C1. The van der Waals surface area contributed by atoms with Crippen molar-refractivity contribution in [2.75, 3.05) is 13.1 Å². The van der Waals surface area contributed by atoms with E-state index in [0.29, 0.717) is 27.5 Å². The summed E-state index contributed by atoms with van der Waals surface area (Å²) < 4.78 is 15.5. The molecule has 1 N–H and O–H groups in total. The molecule has 10 heteroatoms. The van der Waals surface area contributed by atoms with Crippen LogP contribution in [0.5, 0.6) is 0 Å². The van der Waals surface area contributed by atoms with Crippen LogP contribution in [0.4, 0.5) is 4.39 Å². The summed E-state index contributed by atoms with van der Waals surface area (Å²) in [6.07, 6.45) is -0.248. The number of carboxylic acids is 1. The number of carbonyl (C=O) groups excluding carboxylic acids is 1. The number of nitrogens with zero attached hydrogens (tertiary/aromatic N) is 4. The Hall–Kier alpha value is -2.62. The summed E-state index contributed by atoms with van der Waals surface area (Å²) in [7, 11) is 1.54. The number of thiazole rings is 1. The van der Waals surface area contributed by atoms with E-state index in [1.165, 1.54) is 9.58 Å². The lowest BCUT2D eigenvalue weighted by Gasteiger charge is -2.17. The van der Waals surface area contributed by atoms with Gasteiger partial charge in [0.2, 0.25) is 5.67 Å². The highest BCUT2D eigenvalue weighted by atomic mass is 32.1. The number of aliphatic carboxylic acids is 1. The third kappa shape index (κ3) is 3.14. The largest absolute Gasteiger partial charge is 0.479 e. The molecule has 1 aliphatic rings. The van der Waals surface area contributed by atoms with Crippen molar-refractivity contribution in [3.05, 3.63) is 32.2 Å². The zero-order chi connectivity index (χ0) is 20.1. The molecular formula is C17H19FN4O4S. The van der Waals surface area contributed by atoms with Crippen molar-refractivity contribution in [1.29, 1.82) is 0 Å². The Kier molecular flexibility index (Phi) is 4.62. The second-order valence-corrected chi connectivity index (χ2v) is 7.69. The molecule has 1 saturated heterocycles. The summed E-state index contributed by atoms with van der Waals surface area (Å²) in [5, 5.41) is 13.5. The van der Waals surface area contributed by atoms with Crippen molar-refractivity contribution >= 4 is 23.2 Å². The summed E-state index contributed by atoms with van der Waals surface area (Å²) >= 11 is 1.05. The van der Waals surface area contributed by atoms with Crippen molar-refractivity contribution in [2.24, 2.45) is 7.05 Å². The van der Waals surface area contributed by atoms with Crippen LogP contribution in [0.15, 0.2) is 4.79 Å². The lowest BCUT2D eigenvalue weighted by molar-refractivity contribution is -0.149. The molecule has 3 rings (SSSR count). The van der Waals surface area contributed by atoms with E-state index in [1.54, 1.807) is 27.8 Å². The molecule has 1 unspecified atom stereocenters. The molecule has 0 bridgehead atoms. The minimum atomic E-state index is -2.42. The molecule has 1 amide bonds. The van der Waals surface area contributed by atoms with Crippen LogP contribution in [0, 0.1) is 20.8 Å². The molecule has 3 heterocycles. The van der Waals surface area contributed by atoms with E-state index < -0.39 is 24.1 Å². The minimum absolute atomic E-state index is 0.0173. The summed E-state index contributed by atoms with van der Waals surface area (Å²) in [6.45, 7) is 4.70. The van der Waals surface area contributed by atoms with Gasteiger partial charge in [0.25, 0.3) is 11.5 Å². The third-order valence-electron chi connectivity index (χ3n) is 4.82. The van der Waals surface area contributed by atoms with Crippen LogP contribution in [0.1, 0.15) is 33.0 Å². The van der Waals surface area contributed by atoms with E-state index in [0.717, 1.165) is 11.3 Å². The van der Waals surface area contributed by atoms with Crippen molar-refractivity contribution in [2.45, 2.75) is 32.9 Å². The van der Waals surface area contributed by atoms with Crippen molar-refractivity contribution in [1.82, 2.24) is 19.7 Å². The van der Waals surface area contributed by atoms with Gasteiger partial charge < -0.3 is 10.0 Å². The molecule has 0 aromatic carbocycles. The maximum absolute atomic E-state index is 14.3. The number of rotatable bonds is 3. The molecule has 0 radical (unpaired) electrons. The molecule has 0 spiro atoms. The minimum Gasteiger partial charge on any atom is -0.479 e. The number of hydrogen-bond acceptors (Lipinski definition) is 6. The molecular weight excluding hydrogens is 375 g/mol. The van der Waals surface area contributed by atoms with E-state index in [-0.39, 0.29) is 23.4 Å². The predicted octanol–water partition coefficient (Wildman–Crippen LogP) is 1.47. The molecule has 0 saturated carbocycles. The smallest absolute Gasteiger partial charge is 0.343 e. The number of amides is 1. The van der Waals surface area contributed by atoms with Gasteiger partial charge in [-0.2, -0.15) is 5.10 Å². The molecule has 1 aliphatic heterocycles. The maximum atomic E-state index is 14.3. The molecule has 8 nitrogen and oxygen atoms in total. The van der Waals surface area contributed by atoms with Crippen molar-refractivity contribution in [3.8, 4) is 10.6 Å². The standard InChI is InChI=1S/C17H19FN4O4S/c1-8-9(2)20-21(4)14(23)11(8)13-19-10(3)12(27-13)15(24)22-6-5-17(18,7-22)16(25)26/h5-7H2,1-4H3,(H,25,26).